The summed E-state index contributed by atoms with van der Waals surface area (Å²) in [5, 5.41) is 10.7. The van der Waals surface area contributed by atoms with Gasteiger partial charge in [-0.3, -0.25) is 0 Å². The molecule has 0 aromatic heterocycles. The summed E-state index contributed by atoms with van der Waals surface area (Å²) < 4.78 is 0. The molecule has 0 radical (unpaired) electrons. The summed E-state index contributed by atoms with van der Waals surface area (Å²) in [6, 6.07) is 10.2. The predicted molar refractivity (Wildman–Crippen MR) is 63.4 cm³/mol. The summed E-state index contributed by atoms with van der Waals surface area (Å²) in [6.45, 7) is 0. The van der Waals surface area contributed by atoms with Gasteiger partial charge < -0.3 is 5.11 Å². The Balaban J connectivity index is 1.44. The molecular formula is C15H13ClO. The van der Waals surface area contributed by atoms with Crippen LogP contribution in [-0.4, -0.2) is 9.98 Å². The van der Waals surface area contributed by atoms with Crippen LogP contribution >= 0.6 is 11.6 Å². The van der Waals surface area contributed by atoms with Crippen molar-refractivity contribution in [2.45, 2.75) is 11.0 Å². The highest BCUT2D eigenvalue weighted by molar-refractivity contribution is 6.28. The molecule has 6 fully saturated rings. The first kappa shape index (κ1) is 8.55. The second-order valence-corrected chi connectivity index (χ2v) is 7.45. The molecule has 1 unspecified atom stereocenters. The monoisotopic (exact) mass is 244 g/mol. The van der Waals surface area contributed by atoms with Crippen molar-refractivity contribution in [2.24, 2.45) is 40.9 Å². The Hall–Kier alpha value is -0.530. The number of aliphatic hydroxyl groups is 1. The molecule has 2 heteroatoms. The standard InChI is InChI=1S/C15H13ClO/c16-15-10-7-11(15)9-12(15)8(10)14(7,9)13(17)6-4-2-1-3-5-6/h1-5,7-13,17H. The van der Waals surface area contributed by atoms with E-state index in [1.165, 1.54) is 0 Å². The van der Waals surface area contributed by atoms with Crippen LogP contribution in [-0.2, 0) is 0 Å². The minimum absolute atomic E-state index is 0.228. The van der Waals surface area contributed by atoms with Crippen LogP contribution in [0.1, 0.15) is 11.7 Å². The van der Waals surface area contributed by atoms with Gasteiger partial charge in [0.2, 0.25) is 0 Å². The van der Waals surface area contributed by atoms with Crippen LogP contribution in [0.3, 0.4) is 0 Å². The van der Waals surface area contributed by atoms with Crippen LogP contribution in [0.25, 0.3) is 0 Å². The molecule has 0 bridgehead atoms. The van der Waals surface area contributed by atoms with E-state index >= 15 is 0 Å². The maximum absolute atomic E-state index is 10.7. The molecule has 1 nitrogen and oxygen atoms in total. The number of hydrogen-bond acceptors (Lipinski definition) is 1. The molecule has 0 saturated heterocycles. The quantitative estimate of drug-likeness (QED) is 0.793. The largest absolute Gasteiger partial charge is 0.388 e. The SMILES string of the molecule is OC(c1ccccc1)C12C3C4C1C1C2C3C41Cl. The molecule has 1 N–H and O–H groups in total. The second-order valence-electron chi connectivity index (χ2n) is 6.80. The smallest absolute Gasteiger partial charge is 0.0854 e. The van der Waals surface area contributed by atoms with Crippen LogP contribution in [0.2, 0.25) is 0 Å². The highest BCUT2D eigenvalue weighted by Gasteiger charge is 3.10. The molecule has 1 aromatic rings. The summed E-state index contributed by atoms with van der Waals surface area (Å²) in [5.41, 5.74) is 1.39. The van der Waals surface area contributed by atoms with Crippen molar-refractivity contribution in [1.82, 2.24) is 0 Å². The zero-order valence-corrected chi connectivity index (χ0v) is 10.0. The van der Waals surface area contributed by atoms with E-state index in [0.717, 1.165) is 41.1 Å². The summed E-state index contributed by atoms with van der Waals surface area (Å²) >= 11 is 6.62. The molecule has 6 saturated carbocycles. The fourth-order valence-electron chi connectivity index (χ4n) is 6.95. The molecule has 0 amide bonds. The van der Waals surface area contributed by atoms with Crippen LogP contribution in [0.4, 0.5) is 0 Å². The highest BCUT2D eigenvalue weighted by Crippen LogP contribution is 3.09. The van der Waals surface area contributed by atoms with Crippen LogP contribution in [0.5, 0.6) is 0 Å². The number of alkyl halides is 1. The zero-order valence-electron chi connectivity index (χ0n) is 9.25. The minimum Gasteiger partial charge on any atom is -0.388 e. The third-order valence-electron chi connectivity index (χ3n) is 7.18. The van der Waals surface area contributed by atoms with Gasteiger partial charge >= 0.3 is 0 Å². The molecule has 0 aliphatic heterocycles. The van der Waals surface area contributed by atoms with Crippen molar-refractivity contribution in [3.05, 3.63) is 35.9 Å². The van der Waals surface area contributed by atoms with E-state index in [1.54, 1.807) is 0 Å². The number of aliphatic hydroxyl groups excluding tert-OH is 1. The van der Waals surface area contributed by atoms with E-state index in [9.17, 15) is 5.11 Å². The summed E-state index contributed by atoms with van der Waals surface area (Å²) in [5.74, 6) is 4.66. The fourth-order valence-corrected chi connectivity index (χ4v) is 7.76. The predicted octanol–water partition coefficient (Wildman–Crippen LogP) is 2.45. The van der Waals surface area contributed by atoms with Gasteiger partial charge in [-0.15, -0.1) is 11.6 Å². The Morgan fingerprint density at radius 3 is 2.00 bits per heavy atom. The molecule has 1 atom stereocenters. The van der Waals surface area contributed by atoms with E-state index in [4.69, 9.17) is 11.6 Å². The Bertz CT molecular complexity index is 512. The van der Waals surface area contributed by atoms with Gasteiger partial charge in [-0.25, -0.2) is 0 Å². The van der Waals surface area contributed by atoms with Crippen molar-refractivity contribution in [2.75, 3.05) is 0 Å². The molecular weight excluding hydrogens is 232 g/mol. The van der Waals surface area contributed by atoms with Crippen molar-refractivity contribution in [3.8, 4) is 0 Å². The topological polar surface area (TPSA) is 20.2 Å². The second kappa shape index (κ2) is 1.98. The lowest BCUT2D eigenvalue weighted by Gasteiger charge is -3.10. The Morgan fingerprint density at radius 1 is 0.941 bits per heavy atom. The van der Waals surface area contributed by atoms with Gasteiger partial charge in [-0.1, -0.05) is 30.3 Å². The lowest BCUT2D eigenvalue weighted by Crippen LogP contribution is -3.12. The van der Waals surface area contributed by atoms with Crippen molar-refractivity contribution in [3.63, 3.8) is 0 Å². The van der Waals surface area contributed by atoms with Gasteiger partial charge in [0.25, 0.3) is 0 Å². The van der Waals surface area contributed by atoms with Crippen molar-refractivity contribution >= 4 is 11.6 Å². The Morgan fingerprint density at radius 2 is 1.47 bits per heavy atom. The van der Waals surface area contributed by atoms with Crippen LogP contribution in [0.15, 0.2) is 30.3 Å². The van der Waals surface area contributed by atoms with Gasteiger partial charge in [-0.2, -0.15) is 0 Å². The molecule has 7 rings (SSSR count). The maximum Gasteiger partial charge on any atom is 0.0854 e. The number of hydrogen-bond donors (Lipinski definition) is 1. The first-order chi connectivity index (χ1) is 8.25. The fraction of sp³-hybridized carbons (Fsp3) is 0.600. The highest BCUT2D eigenvalue weighted by atomic mass is 35.5. The Labute approximate surface area is 105 Å². The van der Waals surface area contributed by atoms with E-state index in [2.05, 4.69) is 12.1 Å². The first-order valence-corrected chi connectivity index (χ1v) is 7.05. The van der Waals surface area contributed by atoms with E-state index in [0.29, 0.717) is 0 Å². The van der Waals surface area contributed by atoms with Crippen molar-refractivity contribution in [1.29, 1.82) is 0 Å². The normalized spacial score (nSPS) is 67.6. The molecule has 6 aliphatic carbocycles. The number of rotatable bonds is 2. The molecule has 6 aliphatic rings. The minimum atomic E-state index is -0.228. The summed E-state index contributed by atoms with van der Waals surface area (Å²) in [4.78, 5) is 0.234. The van der Waals surface area contributed by atoms with Gasteiger partial charge in [0.1, 0.15) is 0 Å². The lowest BCUT2D eigenvalue weighted by atomic mass is 8.95. The number of benzene rings is 1. The molecule has 0 heterocycles. The molecule has 0 spiro atoms. The van der Waals surface area contributed by atoms with Gasteiger partial charge in [0.05, 0.1) is 11.0 Å². The lowest BCUT2D eigenvalue weighted by molar-refractivity contribution is -0.614. The van der Waals surface area contributed by atoms with E-state index in [1.807, 2.05) is 18.2 Å². The van der Waals surface area contributed by atoms with Gasteiger partial charge in [0, 0.05) is 5.41 Å². The summed E-state index contributed by atoms with van der Waals surface area (Å²) in [6.07, 6.45) is -0.228. The maximum atomic E-state index is 10.7. The average Bonchev–Trinajstić information content (AvgIpc) is 2.40. The number of halogens is 1. The van der Waals surface area contributed by atoms with E-state index in [-0.39, 0.29) is 16.4 Å². The van der Waals surface area contributed by atoms with Crippen LogP contribution in [0, 0.1) is 40.9 Å². The van der Waals surface area contributed by atoms with Gasteiger partial charge in [-0.05, 0) is 41.1 Å². The first-order valence-electron chi connectivity index (χ1n) is 6.67. The zero-order chi connectivity index (χ0) is 11.2. The molecule has 17 heavy (non-hydrogen) atoms. The third-order valence-corrected chi connectivity index (χ3v) is 7.93. The average molecular weight is 245 g/mol. The van der Waals surface area contributed by atoms with Gasteiger partial charge in [0.15, 0.2) is 0 Å². The van der Waals surface area contributed by atoms with E-state index < -0.39 is 0 Å². The van der Waals surface area contributed by atoms with Crippen LogP contribution < -0.4 is 0 Å². The third kappa shape index (κ3) is 0.468. The summed E-state index contributed by atoms with van der Waals surface area (Å²) in [7, 11) is 0. The Kier molecular flexibility index (Phi) is 0.995. The molecule has 86 valence electrons. The molecule has 1 aromatic carbocycles. The van der Waals surface area contributed by atoms with Crippen molar-refractivity contribution < 1.29 is 5.11 Å².